The lowest BCUT2D eigenvalue weighted by Gasteiger charge is -2.45. The first-order valence-corrected chi connectivity index (χ1v) is 14.3. The number of urea groups is 1. The Balaban J connectivity index is 1.64. The van der Waals surface area contributed by atoms with Gasteiger partial charge in [-0.3, -0.25) is 14.5 Å². The van der Waals surface area contributed by atoms with Crippen molar-refractivity contribution in [2.75, 3.05) is 19.6 Å². The molecule has 0 radical (unpaired) electrons. The van der Waals surface area contributed by atoms with Gasteiger partial charge in [0.05, 0.1) is 0 Å². The quantitative estimate of drug-likeness (QED) is 0.347. The molecule has 2 heterocycles. The van der Waals surface area contributed by atoms with Gasteiger partial charge in [0.2, 0.25) is 0 Å². The van der Waals surface area contributed by atoms with E-state index in [0.29, 0.717) is 35.2 Å². The number of nitrogens with two attached hydrogens (primary N) is 1. The Morgan fingerprint density at radius 1 is 0.881 bits per heavy atom. The number of nitrogens with zero attached hydrogens (tertiary/aromatic N) is 2. The third kappa shape index (κ3) is 5.61. The summed E-state index contributed by atoms with van der Waals surface area (Å²) >= 11 is 0. The van der Waals surface area contributed by atoms with Crippen LogP contribution in [0.3, 0.4) is 0 Å². The molecule has 2 aliphatic heterocycles. The molecular formula is C33H36FN3O5. The molecular weight excluding hydrogens is 537 g/mol. The van der Waals surface area contributed by atoms with Crippen molar-refractivity contribution in [1.82, 2.24) is 9.80 Å². The van der Waals surface area contributed by atoms with Gasteiger partial charge in [0.25, 0.3) is 0 Å². The Hall–Kier alpha value is -4.24. The third-order valence-electron chi connectivity index (χ3n) is 9.00. The molecule has 220 valence electrons. The molecule has 8 nitrogen and oxygen atoms in total. The van der Waals surface area contributed by atoms with Crippen LogP contribution in [0.2, 0.25) is 0 Å². The zero-order valence-electron chi connectivity index (χ0n) is 23.7. The number of ketones is 2. The van der Waals surface area contributed by atoms with Crippen LogP contribution in [-0.2, 0) is 0 Å². The minimum atomic E-state index is -0.769. The van der Waals surface area contributed by atoms with Crippen LogP contribution in [0.5, 0.6) is 11.5 Å². The van der Waals surface area contributed by atoms with E-state index in [1.54, 1.807) is 48.2 Å². The van der Waals surface area contributed by atoms with Gasteiger partial charge in [-0.05, 0) is 61.2 Å². The Kier molecular flexibility index (Phi) is 8.31. The number of hydrogen-bond acceptors (Lipinski definition) is 6. The van der Waals surface area contributed by atoms with Gasteiger partial charge in [0.1, 0.15) is 17.3 Å². The van der Waals surface area contributed by atoms with Crippen LogP contribution >= 0.6 is 0 Å². The number of phenols is 2. The fraction of sp³-hybridized carbons (Fsp3) is 0.364. The minimum absolute atomic E-state index is 0.0573. The van der Waals surface area contributed by atoms with Gasteiger partial charge in [-0.2, -0.15) is 0 Å². The van der Waals surface area contributed by atoms with Gasteiger partial charge in [-0.15, -0.1) is 0 Å². The molecule has 3 aromatic carbocycles. The first-order chi connectivity index (χ1) is 20.1. The largest absolute Gasteiger partial charge is 0.508 e. The van der Waals surface area contributed by atoms with Crippen LogP contribution < -0.4 is 5.73 Å². The molecule has 0 aromatic heterocycles. The number of aromatic hydroxyl groups is 2. The highest BCUT2D eigenvalue weighted by atomic mass is 19.1. The minimum Gasteiger partial charge on any atom is -0.508 e. The number of phenolic OH excluding ortho intramolecular Hbond substituents is 2. The van der Waals surface area contributed by atoms with Crippen molar-refractivity contribution < 1.29 is 29.0 Å². The SMILES string of the molecule is CCC1CC(N2C[C@H](C(=O)c3cccc(O)c3)C(c3cccc(F)c3C)[C@H](C(=O)c3cccc(O)c3)C2)CN1C(N)=O. The van der Waals surface area contributed by atoms with Gasteiger partial charge in [-0.1, -0.05) is 43.3 Å². The van der Waals surface area contributed by atoms with Crippen LogP contribution in [0.4, 0.5) is 9.18 Å². The summed E-state index contributed by atoms with van der Waals surface area (Å²) in [6.07, 6.45) is 1.36. The molecule has 9 heteroatoms. The summed E-state index contributed by atoms with van der Waals surface area (Å²) in [6, 6.07) is 16.2. The molecule has 3 aromatic rings. The van der Waals surface area contributed by atoms with Crippen LogP contribution in [-0.4, -0.2) is 69.3 Å². The maximum absolute atomic E-state index is 15.0. The number of amides is 2. The zero-order valence-corrected chi connectivity index (χ0v) is 23.7. The van der Waals surface area contributed by atoms with E-state index in [1.165, 1.54) is 30.3 Å². The number of likely N-dealkylation sites (tertiary alicyclic amines) is 2. The zero-order chi connectivity index (χ0) is 30.1. The molecule has 4 N–H and O–H groups in total. The number of Topliss-reactive ketones (excluding diaryl/α,β-unsaturated/α-hetero) is 2. The smallest absolute Gasteiger partial charge is 0.315 e. The molecule has 0 bridgehead atoms. The van der Waals surface area contributed by atoms with Crippen LogP contribution in [0.15, 0.2) is 66.7 Å². The van der Waals surface area contributed by atoms with E-state index in [0.717, 1.165) is 6.42 Å². The molecule has 42 heavy (non-hydrogen) atoms. The van der Waals surface area contributed by atoms with E-state index in [1.807, 2.05) is 6.92 Å². The van der Waals surface area contributed by atoms with E-state index < -0.39 is 29.6 Å². The normalized spacial score (nSPS) is 24.5. The number of rotatable bonds is 7. The van der Waals surface area contributed by atoms with E-state index >= 15 is 0 Å². The molecule has 0 saturated carbocycles. The standard InChI is InChI=1S/C33H36FN3O5/c1-3-22-15-23(16-37(22)33(35)42)36-17-27(31(40)20-7-4-9-24(38)13-20)30(26-11-6-12-29(34)19(26)2)28(18-36)32(41)21-8-5-10-25(39)14-21/h4-14,22-23,27-28,30,38-39H,3,15-18H2,1-2H3,(H2,35,42)/t22?,23?,27-,28+,30?. The third-order valence-corrected chi connectivity index (χ3v) is 9.00. The predicted molar refractivity (Wildman–Crippen MR) is 156 cm³/mol. The Labute approximate surface area is 244 Å². The Morgan fingerprint density at radius 3 is 1.90 bits per heavy atom. The van der Waals surface area contributed by atoms with Gasteiger partial charge in [-0.25, -0.2) is 9.18 Å². The lowest BCUT2D eigenvalue weighted by molar-refractivity contribution is 0.0465. The first kappa shape index (κ1) is 29.3. The number of carbonyl (C=O) groups is 3. The second kappa shape index (κ2) is 11.9. The number of hydrogen-bond donors (Lipinski definition) is 3. The van der Waals surface area contributed by atoms with Crippen molar-refractivity contribution in [3.8, 4) is 11.5 Å². The van der Waals surface area contributed by atoms with Gasteiger partial charge in [0.15, 0.2) is 11.6 Å². The number of halogens is 1. The molecule has 0 spiro atoms. The molecule has 2 fully saturated rings. The summed E-state index contributed by atoms with van der Waals surface area (Å²) in [5.41, 5.74) is 7.22. The topological polar surface area (TPSA) is 124 Å². The van der Waals surface area contributed by atoms with Crippen molar-refractivity contribution in [3.63, 3.8) is 0 Å². The average Bonchev–Trinajstić information content (AvgIpc) is 3.42. The molecule has 0 aliphatic carbocycles. The summed E-state index contributed by atoms with van der Waals surface area (Å²) in [4.78, 5) is 44.5. The van der Waals surface area contributed by atoms with Crippen molar-refractivity contribution in [2.45, 2.75) is 44.7 Å². The van der Waals surface area contributed by atoms with E-state index in [2.05, 4.69) is 4.90 Å². The molecule has 2 amide bonds. The van der Waals surface area contributed by atoms with Crippen LogP contribution in [0.25, 0.3) is 0 Å². The Morgan fingerprint density at radius 2 is 1.43 bits per heavy atom. The van der Waals surface area contributed by atoms with E-state index in [9.17, 15) is 29.0 Å². The van der Waals surface area contributed by atoms with Crippen molar-refractivity contribution in [3.05, 3.63) is 94.8 Å². The lowest BCUT2D eigenvalue weighted by Crippen LogP contribution is -2.54. The first-order valence-electron chi connectivity index (χ1n) is 14.3. The number of piperidine rings is 1. The molecule has 5 atom stereocenters. The fourth-order valence-corrected chi connectivity index (χ4v) is 6.86. The summed E-state index contributed by atoms with van der Waals surface area (Å²) in [5, 5.41) is 20.3. The lowest BCUT2D eigenvalue weighted by atomic mass is 9.67. The van der Waals surface area contributed by atoms with Crippen LogP contribution in [0, 0.1) is 24.6 Å². The summed E-state index contributed by atoms with van der Waals surface area (Å²) in [6.45, 7) is 4.55. The number of primary amides is 1. The second-order valence-electron chi connectivity index (χ2n) is 11.4. The highest BCUT2D eigenvalue weighted by molar-refractivity contribution is 6.02. The van der Waals surface area contributed by atoms with Crippen molar-refractivity contribution in [2.24, 2.45) is 17.6 Å². The molecule has 2 aliphatic rings. The summed E-state index contributed by atoms with van der Waals surface area (Å²) < 4.78 is 15.0. The Bertz CT molecular complexity index is 1440. The van der Waals surface area contributed by atoms with E-state index in [-0.39, 0.29) is 48.2 Å². The second-order valence-corrected chi connectivity index (χ2v) is 11.4. The number of benzene rings is 3. The fourth-order valence-electron chi connectivity index (χ4n) is 6.86. The highest BCUT2D eigenvalue weighted by Gasteiger charge is 2.48. The van der Waals surface area contributed by atoms with Gasteiger partial charge < -0.3 is 20.8 Å². The molecule has 2 saturated heterocycles. The van der Waals surface area contributed by atoms with Gasteiger partial charge >= 0.3 is 6.03 Å². The molecule has 3 unspecified atom stereocenters. The van der Waals surface area contributed by atoms with E-state index in [4.69, 9.17) is 5.73 Å². The van der Waals surface area contributed by atoms with Gasteiger partial charge in [0, 0.05) is 60.6 Å². The number of carbonyl (C=O) groups excluding carboxylic acids is 3. The summed E-state index contributed by atoms with van der Waals surface area (Å²) in [5.74, 6) is -3.30. The average molecular weight is 574 g/mol. The monoisotopic (exact) mass is 573 g/mol. The predicted octanol–water partition coefficient (Wildman–Crippen LogP) is 4.87. The van der Waals surface area contributed by atoms with Crippen molar-refractivity contribution in [1.29, 1.82) is 0 Å². The van der Waals surface area contributed by atoms with Crippen molar-refractivity contribution >= 4 is 17.6 Å². The summed E-state index contributed by atoms with van der Waals surface area (Å²) in [7, 11) is 0. The maximum atomic E-state index is 15.0. The maximum Gasteiger partial charge on any atom is 0.315 e. The van der Waals surface area contributed by atoms with Crippen LogP contribution in [0.1, 0.15) is 57.5 Å². The highest BCUT2D eigenvalue weighted by Crippen LogP contribution is 2.44. The molecule has 5 rings (SSSR count).